The fourth-order valence-electron chi connectivity index (χ4n) is 1.23. The Morgan fingerprint density at radius 1 is 1.44 bits per heavy atom. The van der Waals surface area contributed by atoms with Crippen LogP contribution in [0.4, 0.5) is 0 Å². The van der Waals surface area contributed by atoms with E-state index in [4.69, 9.17) is 12.2 Å². The van der Waals surface area contributed by atoms with E-state index in [1.807, 2.05) is 6.07 Å². The molecule has 2 N–H and O–H groups in total. The number of thiocarbonyl (C=S) groups is 1. The predicted octanol–water partition coefficient (Wildman–Crippen LogP) is 2.01. The lowest BCUT2D eigenvalue weighted by molar-refractivity contribution is 0.619. The highest BCUT2D eigenvalue weighted by atomic mass is 32.1. The summed E-state index contributed by atoms with van der Waals surface area (Å²) in [6.45, 7) is 7.93. The summed E-state index contributed by atoms with van der Waals surface area (Å²) in [4.78, 5) is 4.30. The maximum Gasteiger partial charge on any atom is 0.166 e. The average Bonchev–Trinajstić information content (AvgIpc) is 2.25. The van der Waals surface area contributed by atoms with E-state index in [1.165, 1.54) is 5.56 Å². The van der Waals surface area contributed by atoms with Crippen LogP contribution in [0, 0.1) is 12.8 Å². The number of hydrogen-bond donors (Lipinski definition) is 2. The minimum Gasteiger partial charge on any atom is -0.362 e. The van der Waals surface area contributed by atoms with E-state index in [2.05, 4.69) is 42.5 Å². The molecule has 4 heteroatoms. The summed E-state index contributed by atoms with van der Waals surface area (Å²) in [6, 6.07) is 3.99. The Bertz CT molecular complexity index is 350. The van der Waals surface area contributed by atoms with Crippen LogP contribution in [0.2, 0.25) is 0 Å². The summed E-state index contributed by atoms with van der Waals surface area (Å²) in [7, 11) is 0. The van der Waals surface area contributed by atoms with Gasteiger partial charge in [-0.05, 0) is 36.7 Å². The molecule has 0 radical (unpaired) electrons. The van der Waals surface area contributed by atoms with Crippen molar-refractivity contribution in [3.63, 3.8) is 0 Å². The summed E-state index contributed by atoms with van der Waals surface area (Å²) in [6.07, 6.45) is 1.80. The third-order valence-corrected chi connectivity index (χ3v) is 2.49. The molecular weight excluding hydrogens is 218 g/mol. The normalized spacial score (nSPS) is 10.2. The van der Waals surface area contributed by atoms with Gasteiger partial charge in [-0.1, -0.05) is 19.9 Å². The van der Waals surface area contributed by atoms with Gasteiger partial charge < -0.3 is 10.6 Å². The lowest BCUT2D eigenvalue weighted by Gasteiger charge is -2.12. The van der Waals surface area contributed by atoms with Crippen LogP contribution in [0.15, 0.2) is 18.3 Å². The van der Waals surface area contributed by atoms with Crippen LogP contribution in [0.1, 0.15) is 25.1 Å². The zero-order valence-corrected chi connectivity index (χ0v) is 10.9. The van der Waals surface area contributed by atoms with Gasteiger partial charge >= 0.3 is 0 Å². The average molecular weight is 237 g/mol. The Labute approximate surface area is 103 Å². The Morgan fingerprint density at radius 2 is 2.19 bits per heavy atom. The molecule has 0 bridgehead atoms. The molecule has 1 heterocycles. The van der Waals surface area contributed by atoms with Crippen LogP contribution in [0.25, 0.3) is 0 Å². The van der Waals surface area contributed by atoms with Crippen molar-refractivity contribution in [3.05, 3.63) is 29.6 Å². The molecule has 0 saturated carbocycles. The van der Waals surface area contributed by atoms with E-state index >= 15 is 0 Å². The molecule has 0 unspecified atom stereocenters. The maximum atomic E-state index is 5.16. The summed E-state index contributed by atoms with van der Waals surface area (Å²) in [5.41, 5.74) is 2.22. The zero-order chi connectivity index (χ0) is 12.0. The van der Waals surface area contributed by atoms with Gasteiger partial charge in [-0.2, -0.15) is 0 Å². The van der Waals surface area contributed by atoms with E-state index in [-0.39, 0.29) is 0 Å². The molecule has 0 amide bonds. The highest BCUT2D eigenvalue weighted by Gasteiger charge is 2.00. The first-order chi connectivity index (χ1) is 7.59. The summed E-state index contributed by atoms with van der Waals surface area (Å²) in [5, 5.41) is 7.01. The van der Waals surface area contributed by atoms with Gasteiger partial charge in [-0.25, -0.2) is 0 Å². The van der Waals surface area contributed by atoms with Crippen molar-refractivity contribution in [2.45, 2.75) is 27.3 Å². The molecule has 88 valence electrons. The first-order valence-electron chi connectivity index (χ1n) is 5.51. The lowest BCUT2D eigenvalue weighted by Crippen LogP contribution is -2.37. The molecule has 0 fully saturated rings. The smallest absolute Gasteiger partial charge is 0.166 e. The molecule has 0 atom stereocenters. The third-order valence-electron chi connectivity index (χ3n) is 2.21. The van der Waals surface area contributed by atoms with Crippen LogP contribution >= 0.6 is 12.2 Å². The van der Waals surface area contributed by atoms with Crippen molar-refractivity contribution < 1.29 is 0 Å². The Morgan fingerprint density at radius 3 is 2.81 bits per heavy atom. The standard InChI is InChI=1S/C12H19N3S/c1-9(2)7-14-12(16)15-8-11-10(3)5-4-6-13-11/h4-6,9H,7-8H2,1-3H3,(H2,14,15,16). The second kappa shape index (κ2) is 6.43. The number of pyridine rings is 1. The van der Waals surface area contributed by atoms with E-state index < -0.39 is 0 Å². The van der Waals surface area contributed by atoms with Gasteiger partial charge in [-0.3, -0.25) is 4.98 Å². The molecular formula is C12H19N3S. The number of aromatic nitrogens is 1. The SMILES string of the molecule is Cc1cccnc1CNC(=S)NCC(C)C. The molecule has 0 spiro atoms. The van der Waals surface area contributed by atoms with Gasteiger partial charge in [0.25, 0.3) is 0 Å². The van der Waals surface area contributed by atoms with Crippen molar-refractivity contribution in [1.29, 1.82) is 0 Å². The Hall–Kier alpha value is -1.16. The van der Waals surface area contributed by atoms with Gasteiger partial charge in [0.15, 0.2) is 5.11 Å². The fraction of sp³-hybridized carbons (Fsp3) is 0.500. The van der Waals surface area contributed by atoms with Crippen LogP contribution in [0.5, 0.6) is 0 Å². The lowest BCUT2D eigenvalue weighted by atomic mass is 10.2. The minimum atomic E-state index is 0.594. The summed E-state index contributed by atoms with van der Waals surface area (Å²) >= 11 is 5.16. The van der Waals surface area contributed by atoms with Crippen LogP contribution in [-0.2, 0) is 6.54 Å². The molecule has 0 aromatic carbocycles. The van der Waals surface area contributed by atoms with Crippen molar-refractivity contribution in [2.24, 2.45) is 5.92 Å². The second-order valence-electron chi connectivity index (χ2n) is 4.22. The number of hydrogen-bond acceptors (Lipinski definition) is 2. The quantitative estimate of drug-likeness (QED) is 0.786. The fourth-order valence-corrected chi connectivity index (χ4v) is 1.38. The van der Waals surface area contributed by atoms with Crippen molar-refractivity contribution >= 4 is 17.3 Å². The summed E-state index contributed by atoms with van der Waals surface area (Å²) < 4.78 is 0. The van der Waals surface area contributed by atoms with Gasteiger partial charge in [0.2, 0.25) is 0 Å². The summed E-state index contributed by atoms with van der Waals surface area (Å²) in [5.74, 6) is 0.594. The van der Waals surface area contributed by atoms with Crippen LogP contribution in [0.3, 0.4) is 0 Å². The molecule has 1 aromatic heterocycles. The number of nitrogens with one attached hydrogen (secondary N) is 2. The van der Waals surface area contributed by atoms with Crippen molar-refractivity contribution in [1.82, 2.24) is 15.6 Å². The number of aryl methyl sites for hydroxylation is 1. The van der Waals surface area contributed by atoms with E-state index in [1.54, 1.807) is 6.20 Å². The second-order valence-corrected chi connectivity index (χ2v) is 4.63. The van der Waals surface area contributed by atoms with Crippen LogP contribution in [-0.4, -0.2) is 16.6 Å². The van der Waals surface area contributed by atoms with Gasteiger partial charge in [0.1, 0.15) is 0 Å². The van der Waals surface area contributed by atoms with E-state index in [0.29, 0.717) is 17.6 Å². The topological polar surface area (TPSA) is 37.0 Å². The van der Waals surface area contributed by atoms with E-state index in [9.17, 15) is 0 Å². The Balaban J connectivity index is 2.35. The largest absolute Gasteiger partial charge is 0.362 e. The molecule has 0 saturated heterocycles. The monoisotopic (exact) mass is 237 g/mol. The maximum absolute atomic E-state index is 5.16. The molecule has 0 aliphatic carbocycles. The van der Waals surface area contributed by atoms with Gasteiger partial charge in [0.05, 0.1) is 12.2 Å². The van der Waals surface area contributed by atoms with E-state index in [0.717, 1.165) is 12.2 Å². The van der Waals surface area contributed by atoms with Crippen LogP contribution < -0.4 is 10.6 Å². The highest BCUT2D eigenvalue weighted by Crippen LogP contribution is 2.01. The molecule has 16 heavy (non-hydrogen) atoms. The zero-order valence-electron chi connectivity index (χ0n) is 10.1. The van der Waals surface area contributed by atoms with Gasteiger partial charge in [0, 0.05) is 12.7 Å². The molecule has 0 aliphatic rings. The predicted molar refractivity (Wildman–Crippen MR) is 71.3 cm³/mol. The number of nitrogens with zero attached hydrogens (tertiary/aromatic N) is 1. The minimum absolute atomic E-state index is 0.594. The van der Waals surface area contributed by atoms with Crippen molar-refractivity contribution in [2.75, 3.05) is 6.54 Å². The third kappa shape index (κ3) is 4.57. The highest BCUT2D eigenvalue weighted by molar-refractivity contribution is 7.80. The molecule has 0 aliphatic heterocycles. The first kappa shape index (κ1) is 12.9. The molecule has 3 nitrogen and oxygen atoms in total. The van der Waals surface area contributed by atoms with Gasteiger partial charge in [-0.15, -0.1) is 0 Å². The van der Waals surface area contributed by atoms with Crippen molar-refractivity contribution in [3.8, 4) is 0 Å². The molecule has 1 rings (SSSR count). The Kier molecular flexibility index (Phi) is 5.19. The first-order valence-corrected chi connectivity index (χ1v) is 5.92. The molecule has 1 aromatic rings. The number of rotatable bonds is 4.